The number of hydrogen-bond donors (Lipinski definition) is 3. The number of aliphatic hydroxyl groups is 1. The fraction of sp³-hybridized carbons (Fsp3) is 0.900. The molecule has 3 N–H and O–H groups in total. The highest BCUT2D eigenvalue weighted by atomic mass is 16.5. The van der Waals surface area contributed by atoms with E-state index in [0.717, 1.165) is 0 Å². The van der Waals surface area contributed by atoms with E-state index in [4.69, 9.17) is 4.74 Å². The van der Waals surface area contributed by atoms with E-state index in [0.29, 0.717) is 13.0 Å². The molecule has 0 radical (unpaired) electrons. The third-order valence-electron chi connectivity index (χ3n) is 2.44. The summed E-state index contributed by atoms with van der Waals surface area (Å²) in [5.74, 6) is -0.0725. The smallest absolute Gasteiger partial charge is 0.237 e. The third-order valence-corrected chi connectivity index (χ3v) is 2.44. The van der Waals surface area contributed by atoms with E-state index < -0.39 is 5.60 Å². The number of hydrogen-bond acceptors (Lipinski definition) is 4. The predicted molar refractivity (Wildman–Crippen MR) is 56.5 cm³/mol. The summed E-state index contributed by atoms with van der Waals surface area (Å²) in [7, 11) is 1.64. The van der Waals surface area contributed by atoms with Gasteiger partial charge < -0.3 is 20.5 Å². The van der Waals surface area contributed by atoms with Crippen LogP contribution in [0.2, 0.25) is 0 Å². The molecule has 1 fully saturated rings. The Morgan fingerprint density at radius 1 is 1.67 bits per heavy atom. The number of methoxy groups -OCH3 is 1. The molecule has 0 bridgehead atoms. The van der Waals surface area contributed by atoms with Crippen LogP contribution < -0.4 is 10.6 Å². The zero-order chi connectivity index (χ0) is 11.5. The predicted octanol–water partition coefficient (Wildman–Crippen LogP) is -0.750. The summed E-state index contributed by atoms with van der Waals surface area (Å²) in [5, 5.41) is 15.2. The second-order valence-corrected chi connectivity index (χ2v) is 4.58. The largest absolute Gasteiger partial charge is 0.389 e. The van der Waals surface area contributed by atoms with Gasteiger partial charge in [-0.3, -0.25) is 4.79 Å². The van der Waals surface area contributed by atoms with Gasteiger partial charge in [0.15, 0.2) is 0 Å². The van der Waals surface area contributed by atoms with E-state index in [1.807, 2.05) is 0 Å². The first-order valence-corrected chi connectivity index (χ1v) is 5.18. The van der Waals surface area contributed by atoms with Crippen molar-refractivity contribution in [1.82, 2.24) is 10.6 Å². The number of amides is 1. The van der Waals surface area contributed by atoms with Crippen molar-refractivity contribution in [2.24, 2.45) is 0 Å². The lowest BCUT2D eigenvalue weighted by atomic mass is 10.1. The molecule has 1 aliphatic heterocycles. The van der Waals surface area contributed by atoms with Crippen LogP contribution in [0, 0.1) is 0 Å². The molecule has 1 aliphatic rings. The van der Waals surface area contributed by atoms with Crippen LogP contribution in [-0.2, 0) is 9.53 Å². The van der Waals surface area contributed by atoms with Gasteiger partial charge in [-0.25, -0.2) is 0 Å². The number of nitrogens with one attached hydrogen (secondary N) is 2. The van der Waals surface area contributed by atoms with Crippen molar-refractivity contribution in [3.8, 4) is 0 Å². The Bertz CT molecular complexity index is 225. The molecule has 0 aromatic heterocycles. The minimum atomic E-state index is -0.866. The van der Waals surface area contributed by atoms with Crippen molar-refractivity contribution in [1.29, 1.82) is 0 Å². The fourth-order valence-corrected chi connectivity index (χ4v) is 1.51. The van der Waals surface area contributed by atoms with E-state index in [-0.39, 0.29) is 24.6 Å². The maximum atomic E-state index is 11.6. The van der Waals surface area contributed by atoms with Gasteiger partial charge in [0, 0.05) is 20.2 Å². The van der Waals surface area contributed by atoms with Crippen LogP contribution in [0.1, 0.15) is 20.3 Å². The molecule has 5 nitrogen and oxygen atoms in total. The maximum absolute atomic E-state index is 11.6. The maximum Gasteiger partial charge on any atom is 0.237 e. The molecule has 5 heteroatoms. The van der Waals surface area contributed by atoms with Crippen LogP contribution >= 0.6 is 0 Å². The zero-order valence-electron chi connectivity index (χ0n) is 9.54. The first-order chi connectivity index (χ1) is 6.92. The van der Waals surface area contributed by atoms with Crippen molar-refractivity contribution >= 4 is 5.91 Å². The Hall–Kier alpha value is -0.650. The summed E-state index contributed by atoms with van der Waals surface area (Å²) >= 11 is 0. The van der Waals surface area contributed by atoms with E-state index >= 15 is 0 Å². The molecule has 1 rings (SSSR count). The first-order valence-electron chi connectivity index (χ1n) is 5.18. The number of carbonyl (C=O) groups is 1. The second-order valence-electron chi connectivity index (χ2n) is 4.58. The van der Waals surface area contributed by atoms with Crippen molar-refractivity contribution < 1.29 is 14.6 Å². The lowest BCUT2D eigenvalue weighted by Crippen LogP contribution is -2.45. The van der Waals surface area contributed by atoms with Crippen molar-refractivity contribution in [3.63, 3.8) is 0 Å². The SMILES string of the molecule is COC1CNC(C(=O)NCC(C)(C)O)C1. The second kappa shape index (κ2) is 4.92. The molecule has 0 saturated carbocycles. The monoisotopic (exact) mass is 216 g/mol. The summed E-state index contributed by atoms with van der Waals surface area (Å²) in [5.41, 5.74) is -0.866. The summed E-state index contributed by atoms with van der Waals surface area (Å²) in [4.78, 5) is 11.6. The third kappa shape index (κ3) is 4.15. The highest BCUT2D eigenvalue weighted by Crippen LogP contribution is 2.09. The minimum Gasteiger partial charge on any atom is -0.389 e. The van der Waals surface area contributed by atoms with Crippen LogP contribution in [-0.4, -0.2) is 49.0 Å². The van der Waals surface area contributed by atoms with Crippen LogP contribution in [0.4, 0.5) is 0 Å². The van der Waals surface area contributed by atoms with Gasteiger partial charge in [-0.1, -0.05) is 0 Å². The van der Waals surface area contributed by atoms with E-state index in [1.165, 1.54) is 0 Å². The molecule has 1 saturated heterocycles. The van der Waals surface area contributed by atoms with Gasteiger partial charge in [0.05, 0.1) is 17.7 Å². The summed E-state index contributed by atoms with van der Waals surface area (Å²) in [6, 6.07) is -0.197. The van der Waals surface area contributed by atoms with Crippen LogP contribution in [0.3, 0.4) is 0 Å². The molecule has 0 aliphatic carbocycles. The molecule has 0 aromatic carbocycles. The van der Waals surface area contributed by atoms with Crippen LogP contribution in [0.5, 0.6) is 0 Å². The van der Waals surface area contributed by atoms with E-state index in [1.54, 1.807) is 21.0 Å². The number of carbonyl (C=O) groups excluding carboxylic acids is 1. The van der Waals surface area contributed by atoms with Crippen LogP contribution in [0.25, 0.3) is 0 Å². The lowest BCUT2D eigenvalue weighted by Gasteiger charge is -2.19. The average Bonchev–Trinajstić information content (AvgIpc) is 2.61. The molecule has 88 valence electrons. The van der Waals surface area contributed by atoms with E-state index in [9.17, 15) is 9.90 Å². The molecular weight excluding hydrogens is 196 g/mol. The van der Waals surface area contributed by atoms with Gasteiger partial charge in [0.1, 0.15) is 0 Å². The number of ether oxygens (including phenoxy) is 1. The zero-order valence-corrected chi connectivity index (χ0v) is 9.54. The quantitative estimate of drug-likeness (QED) is 0.578. The molecular formula is C10H20N2O3. The molecule has 2 atom stereocenters. The Morgan fingerprint density at radius 2 is 2.33 bits per heavy atom. The minimum absolute atomic E-state index is 0.0725. The molecule has 15 heavy (non-hydrogen) atoms. The Morgan fingerprint density at radius 3 is 2.80 bits per heavy atom. The summed E-state index contributed by atoms with van der Waals surface area (Å²) in [6.45, 7) is 4.29. The Kier molecular flexibility index (Phi) is 4.07. The highest BCUT2D eigenvalue weighted by Gasteiger charge is 2.29. The molecule has 1 amide bonds. The average molecular weight is 216 g/mol. The van der Waals surface area contributed by atoms with Crippen LogP contribution in [0.15, 0.2) is 0 Å². The lowest BCUT2D eigenvalue weighted by molar-refractivity contribution is -0.124. The molecule has 1 heterocycles. The highest BCUT2D eigenvalue weighted by molar-refractivity contribution is 5.82. The standard InChI is InChI=1S/C10H20N2O3/c1-10(2,14)6-12-9(13)8-4-7(15-3)5-11-8/h7-8,11,14H,4-6H2,1-3H3,(H,12,13). The van der Waals surface area contributed by atoms with Gasteiger partial charge in [-0.15, -0.1) is 0 Å². The summed E-state index contributed by atoms with van der Waals surface area (Å²) in [6.07, 6.45) is 0.802. The molecule has 2 unspecified atom stereocenters. The topological polar surface area (TPSA) is 70.6 Å². The Balaban J connectivity index is 2.30. The Labute approximate surface area is 90.2 Å². The van der Waals surface area contributed by atoms with Gasteiger partial charge in [-0.05, 0) is 20.3 Å². The molecule has 0 spiro atoms. The first kappa shape index (κ1) is 12.4. The normalized spacial score (nSPS) is 26.7. The van der Waals surface area contributed by atoms with Gasteiger partial charge in [0.2, 0.25) is 5.91 Å². The van der Waals surface area contributed by atoms with Crippen molar-refractivity contribution in [2.45, 2.75) is 38.0 Å². The van der Waals surface area contributed by atoms with Crippen molar-refractivity contribution in [2.75, 3.05) is 20.2 Å². The van der Waals surface area contributed by atoms with E-state index in [2.05, 4.69) is 10.6 Å². The molecule has 0 aromatic rings. The van der Waals surface area contributed by atoms with Gasteiger partial charge in [-0.2, -0.15) is 0 Å². The fourth-order valence-electron chi connectivity index (χ4n) is 1.51. The van der Waals surface area contributed by atoms with Gasteiger partial charge in [0.25, 0.3) is 0 Å². The number of rotatable bonds is 4. The summed E-state index contributed by atoms with van der Waals surface area (Å²) < 4.78 is 5.15. The van der Waals surface area contributed by atoms with Crippen molar-refractivity contribution in [3.05, 3.63) is 0 Å². The van der Waals surface area contributed by atoms with Gasteiger partial charge >= 0.3 is 0 Å².